The fraction of sp³-hybridized carbons (Fsp3) is 0.250. The average molecular weight is 163 g/mol. The molecule has 0 aromatic carbocycles. The van der Waals surface area contributed by atoms with Gasteiger partial charge < -0.3 is 10.2 Å². The lowest BCUT2D eigenvalue weighted by Crippen LogP contribution is -1.86. The van der Waals surface area contributed by atoms with Gasteiger partial charge in [-0.2, -0.15) is 4.98 Å². The number of oxazole rings is 1. The topological polar surface area (TPSA) is 64.9 Å². The third-order valence-corrected chi connectivity index (χ3v) is 1.70. The van der Waals surface area contributed by atoms with E-state index >= 15 is 0 Å². The number of anilines is 1. The number of hydrogen-bond donors (Lipinski definition) is 1. The van der Waals surface area contributed by atoms with Crippen LogP contribution < -0.4 is 5.73 Å². The van der Waals surface area contributed by atoms with E-state index in [0.29, 0.717) is 5.58 Å². The van der Waals surface area contributed by atoms with Gasteiger partial charge in [-0.15, -0.1) is 0 Å². The number of hydrogen-bond acceptors (Lipinski definition) is 4. The molecule has 0 saturated carbocycles. The lowest BCUT2D eigenvalue weighted by Gasteiger charge is -1.93. The molecule has 2 N–H and O–H groups in total. The molecule has 0 radical (unpaired) electrons. The Bertz CT molecular complexity index is 433. The third kappa shape index (κ3) is 0.922. The smallest absolute Gasteiger partial charge is 0.293 e. The van der Waals surface area contributed by atoms with Crippen LogP contribution in [0, 0.1) is 13.8 Å². The van der Waals surface area contributed by atoms with Gasteiger partial charge in [0.15, 0.2) is 5.58 Å². The second-order valence-electron chi connectivity index (χ2n) is 2.75. The Kier molecular flexibility index (Phi) is 1.30. The van der Waals surface area contributed by atoms with E-state index in [2.05, 4.69) is 9.97 Å². The summed E-state index contributed by atoms with van der Waals surface area (Å²) in [5, 5.41) is 0. The number of pyridine rings is 1. The summed E-state index contributed by atoms with van der Waals surface area (Å²) in [7, 11) is 0. The molecule has 4 heteroatoms. The van der Waals surface area contributed by atoms with Gasteiger partial charge in [0.25, 0.3) is 6.01 Å². The van der Waals surface area contributed by atoms with Gasteiger partial charge in [-0.05, 0) is 13.8 Å². The van der Waals surface area contributed by atoms with Crippen LogP contribution in [0.4, 0.5) is 6.01 Å². The largest absolute Gasteiger partial charge is 0.424 e. The highest BCUT2D eigenvalue weighted by Gasteiger charge is 2.06. The summed E-state index contributed by atoms with van der Waals surface area (Å²) in [6, 6.07) is 2.02. The molecule has 4 nitrogen and oxygen atoms in total. The number of nitrogens with two attached hydrogens (primary N) is 1. The van der Waals surface area contributed by atoms with E-state index in [1.807, 2.05) is 19.9 Å². The van der Waals surface area contributed by atoms with Gasteiger partial charge in [0, 0.05) is 11.8 Å². The molecule has 12 heavy (non-hydrogen) atoms. The zero-order chi connectivity index (χ0) is 8.72. The van der Waals surface area contributed by atoms with Crippen molar-refractivity contribution in [3.8, 4) is 0 Å². The molecule has 0 amide bonds. The first-order valence-corrected chi connectivity index (χ1v) is 3.67. The van der Waals surface area contributed by atoms with Crippen molar-refractivity contribution in [1.82, 2.24) is 9.97 Å². The molecule has 2 heterocycles. The van der Waals surface area contributed by atoms with E-state index in [0.717, 1.165) is 16.9 Å². The molecular formula is C8H9N3O. The van der Waals surface area contributed by atoms with Crippen molar-refractivity contribution in [3.05, 3.63) is 17.5 Å². The first kappa shape index (κ1) is 7.09. The molecule has 2 aromatic heterocycles. The normalized spacial score (nSPS) is 10.8. The van der Waals surface area contributed by atoms with Crippen LogP contribution in [0.3, 0.4) is 0 Å². The van der Waals surface area contributed by atoms with Crippen molar-refractivity contribution in [3.63, 3.8) is 0 Å². The average Bonchev–Trinajstić information content (AvgIpc) is 2.29. The number of rotatable bonds is 0. The highest BCUT2D eigenvalue weighted by atomic mass is 16.4. The highest BCUT2D eigenvalue weighted by molar-refractivity contribution is 5.76. The lowest BCUT2D eigenvalue weighted by molar-refractivity contribution is 0.625. The summed E-state index contributed by atoms with van der Waals surface area (Å²) >= 11 is 0. The minimum Gasteiger partial charge on any atom is -0.424 e. The van der Waals surface area contributed by atoms with Crippen molar-refractivity contribution in [2.75, 3.05) is 5.73 Å². The van der Waals surface area contributed by atoms with E-state index in [4.69, 9.17) is 10.2 Å². The third-order valence-electron chi connectivity index (χ3n) is 1.70. The standard InChI is InChI=1S/C8H9N3O/c1-4-3-6-7(5(2)10-4)11-8(9)12-6/h3H,1-2H3,(H2,9,11). The maximum atomic E-state index is 5.40. The maximum absolute atomic E-state index is 5.40. The fourth-order valence-corrected chi connectivity index (χ4v) is 1.25. The SMILES string of the molecule is Cc1cc2oc(N)nc2c(C)n1. The molecule has 0 aliphatic heterocycles. The quantitative estimate of drug-likeness (QED) is 0.637. The molecule has 2 aromatic rings. The predicted octanol–water partition coefficient (Wildman–Crippen LogP) is 1.42. The van der Waals surface area contributed by atoms with Gasteiger partial charge in [0.2, 0.25) is 0 Å². The van der Waals surface area contributed by atoms with E-state index in [-0.39, 0.29) is 6.01 Å². The molecule has 0 unspecified atom stereocenters. The summed E-state index contributed by atoms with van der Waals surface area (Å²) in [5.74, 6) is 0. The van der Waals surface area contributed by atoms with Crippen LogP contribution in [-0.4, -0.2) is 9.97 Å². The van der Waals surface area contributed by atoms with E-state index in [9.17, 15) is 0 Å². The Balaban J connectivity index is 2.88. The molecule has 0 spiro atoms. The molecule has 0 saturated heterocycles. The van der Waals surface area contributed by atoms with Crippen molar-refractivity contribution in [1.29, 1.82) is 0 Å². The molecule has 0 aliphatic rings. The van der Waals surface area contributed by atoms with Crippen LogP contribution in [-0.2, 0) is 0 Å². The second-order valence-corrected chi connectivity index (χ2v) is 2.75. The Hall–Kier alpha value is -1.58. The van der Waals surface area contributed by atoms with Crippen molar-refractivity contribution < 1.29 is 4.42 Å². The van der Waals surface area contributed by atoms with Crippen LogP contribution in [0.25, 0.3) is 11.1 Å². The van der Waals surface area contributed by atoms with E-state index < -0.39 is 0 Å². The van der Waals surface area contributed by atoms with E-state index in [1.165, 1.54) is 0 Å². The number of nitrogen functional groups attached to an aromatic ring is 1. The lowest BCUT2D eigenvalue weighted by atomic mass is 10.3. The number of fused-ring (bicyclic) bond motifs is 1. The first-order valence-electron chi connectivity index (χ1n) is 3.67. The van der Waals surface area contributed by atoms with Gasteiger partial charge >= 0.3 is 0 Å². The Morgan fingerprint density at radius 3 is 2.83 bits per heavy atom. The first-order chi connectivity index (χ1) is 5.66. The molecule has 0 atom stereocenters. The number of nitrogens with zero attached hydrogens (tertiary/aromatic N) is 2. The monoisotopic (exact) mass is 163 g/mol. The van der Waals surface area contributed by atoms with Crippen LogP contribution in [0.5, 0.6) is 0 Å². The zero-order valence-corrected chi connectivity index (χ0v) is 6.96. The van der Waals surface area contributed by atoms with Gasteiger partial charge in [-0.25, -0.2) is 0 Å². The molecule has 0 fully saturated rings. The molecule has 62 valence electrons. The minimum atomic E-state index is 0.195. The highest BCUT2D eigenvalue weighted by Crippen LogP contribution is 2.19. The van der Waals surface area contributed by atoms with Crippen molar-refractivity contribution in [2.24, 2.45) is 0 Å². The minimum absolute atomic E-state index is 0.195. The van der Waals surface area contributed by atoms with Crippen LogP contribution >= 0.6 is 0 Å². The maximum Gasteiger partial charge on any atom is 0.293 e. The molecule has 0 aliphatic carbocycles. The van der Waals surface area contributed by atoms with Gasteiger partial charge in [-0.1, -0.05) is 0 Å². The van der Waals surface area contributed by atoms with Crippen LogP contribution in [0.15, 0.2) is 10.5 Å². The van der Waals surface area contributed by atoms with Gasteiger partial charge in [-0.3, -0.25) is 4.98 Å². The summed E-state index contributed by atoms with van der Waals surface area (Å²) in [6.45, 7) is 3.79. The Labute approximate surface area is 69.4 Å². The summed E-state index contributed by atoms with van der Waals surface area (Å²) in [4.78, 5) is 8.24. The van der Waals surface area contributed by atoms with Crippen molar-refractivity contribution in [2.45, 2.75) is 13.8 Å². The van der Waals surface area contributed by atoms with Crippen LogP contribution in [0.2, 0.25) is 0 Å². The molecular weight excluding hydrogens is 154 g/mol. The van der Waals surface area contributed by atoms with Crippen LogP contribution in [0.1, 0.15) is 11.4 Å². The van der Waals surface area contributed by atoms with Gasteiger partial charge in [0.05, 0.1) is 5.69 Å². The summed E-state index contributed by atoms with van der Waals surface area (Å²) < 4.78 is 5.16. The van der Waals surface area contributed by atoms with Gasteiger partial charge in [0.1, 0.15) is 5.52 Å². The van der Waals surface area contributed by atoms with Crippen molar-refractivity contribution >= 4 is 17.1 Å². The Morgan fingerprint density at radius 2 is 2.08 bits per heavy atom. The number of aryl methyl sites for hydroxylation is 2. The van der Waals surface area contributed by atoms with E-state index in [1.54, 1.807) is 0 Å². The zero-order valence-electron chi connectivity index (χ0n) is 6.96. The summed E-state index contributed by atoms with van der Waals surface area (Å²) in [6.07, 6.45) is 0. The summed E-state index contributed by atoms with van der Waals surface area (Å²) in [5.41, 5.74) is 8.62. The Morgan fingerprint density at radius 1 is 1.33 bits per heavy atom. The molecule has 2 rings (SSSR count). The second kappa shape index (κ2) is 2.20. The fourth-order valence-electron chi connectivity index (χ4n) is 1.25. The molecule has 0 bridgehead atoms. The number of aromatic nitrogens is 2. The predicted molar refractivity (Wildman–Crippen MR) is 45.7 cm³/mol.